The second kappa shape index (κ2) is 8.12. The molecule has 0 saturated carbocycles. The van der Waals surface area contributed by atoms with E-state index in [1.807, 2.05) is 13.8 Å². The molecular formula is C19H35FO. The Morgan fingerprint density at radius 1 is 1.19 bits per heavy atom. The number of rotatable bonds is 8. The molecule has 1 N–H and O–H groups in total. The molecule has 0 fully saturated rings. The van der Waals surface area contributed by atoms with Gasteiger partial charge in [0.1, 0.15) is 0 Å². The minimum atomic E-state index is -0.721. The molecule has 2 heteroatoms. The molecule has 0 aliphatic heterocycles. The number of allylic oxidation sites excluding steroid dienone is 4. The molecule has 0 radical (unpaired) electrons. The lowest BCUT2D eigenvalue weighted by atomic mass is 9.71. The lowest BCUT2D eigenvalue weighted by Crippen LogP contribution is -2.32. The standard InChI is InChI=1S/C19H35FO/c1-9-11-14(3)16(5)17(12-15(4)20)18(6,7)13-19(8,21)10-2/h12,14,21H,9-11,13H2,1-8H3/b15-12+,17-16+. The first kappa shape index (κ1) is 20.4. The molecule has 21 heavy (non-hydrogen) atoms. The van der Waals surface area contributed by atoms with Gasteiger partial charge in [0.05, 0.1) is 11.4 Å². The van der Waals surface area contributed by atoms with Gasteiger partial charge in [-0.2, -0.15) is 0 Å². The van der Waals surface area contributed by atoms with Gasteiger partial charge in [0.25, 0.3) is 0 Å². The Morgan fingerprint density at radius 3 is 2.10 bits per heavy atom. The van der Waals surface area contributed by atoms with Crippen molar-refractivity contribution in [3.63, 3.8) is 0 Å². The minimum Gasteiger partial charge on any atom is -0.390 e. The maximum absolute atomic E-state index is 13.6. The average molecular weight is 298 g/mol. The molecule has 2 atom stereocenters. The third-order valence-corrected chi connectivity index (χ3v) is 4.54. The molecule has 0 spiro atoms. The third-order valence-electron chi connectivity index (χ3n) is 4.54. The van der Waals surface area contributed by atoms with Crippen molar-refractivity contribution in [2.24, 2.45) is 11.3 Å². The van der Waals surface area contributed by atoms with Crippen molar-refractivity contribution in [2.45, 2.75) is 86.7 Å². The van der Waals surface area contributed by atoms with Crippen LogP contribution in [-0.4, -0.2) is 10.7 Å². The number of hydrogen-bond acceptors (Lipinski definition) is 1. The summed E-state index contributed by atoms with van der Waals surface area (Å²) in [4.78, 5) is 0. The summed E-state index contributed by atoms with van der Waals surface area (Å²) in [5, 5.41) is 10.4. The highest BCUT2D eigenvalue weighted by Gasteiger charge is 2.33. The van der Waals surface area contributed by atoms with Crippen LogP contribution in [0.25, 0.3) is 0 Å². The summed E-state index contributed by atoms with van der Waals surface area (Å²) in [6, 6.07) is 0. The van der Waals surface area contributed by atoms with Gasteiger partial charge >= 0.3 is 0 Å². The van der Waals surface area contributed by atoms with Crippen LogP contribution < -0.4 is 0 Å². The van der Waals surface area contributed by atoms with Gasteiger partial charge in [-0.15, -0.1) is 0 Å². The quantitative estimate of drug-likeness (QED) is 0.530. The van der Waals surface area contributed by atoms with Gasteiger partial charge in [-0.1, -0.05) is 46.6 Å². The van der Waals surface area contributed by atoms with Crippen molar-refractivity contribution < 1.29 is 9.50 Å². The summed E-state index contributed by atoms with van der Waals surface area (Å²) in [5.41, 5.74) is 1.31. The van der Waals surface area contributed by atoms with Gasteiger partial charge in [-0.3, -0.25) is 0 Å². The molecule has 0 heterocycles. The molecule has 0 aromatic heterocycles. The summed E-state index contributed by atoms with van der Waals surface area (Å²) in [6.45, 7) is 16.0. The molecule has 0 amide bonds. The topological polar surface area (TPSA) is 20.2 Å². The van der Waals surface area contributed by atoms with Gasteiger partial charge in [-0.25, -0.2) is 4.39 Å². The molecule has 0 saturated heterocycles. The molecule has 124 valence electrons. The maximum Gasteiger partial charge on any atom is 0.0971 e. The van der Waals surface area contributed by atoms with E-state index in [4.69, 9.17) is 0 Å². The van der Waals surface area contributed by atoms with Crippen molar-refractivity contribution >= 4 is 0 Å². The van der Waals surface area contributed by atoms with E-state index in [9.17, 15) is 9.50 Å². The van der Waals surface area contributed by atoms with E-state index < -0.39 is 5.60 Å². The molecule has 0 aliphatic rings. The first-order chi connectivity index (χ1) is 9.46. The second-order valence-corrected chi connectivity index (χ2v) is 7.43. The Hall–Kier alpha value is -0.630. The minimum absolute atomic E-state index is 0.169. The predicted octanol–water partition coefficient (Wildman–Crippen LogP) is 6.19. The lowest BCUT2D eigenvalue weighted by molar-refractivity contribution is 0.0199. The Bertz CT molecular complexity index is 384. The fourth-order valence-electron chi connectivity index (χ4n) is 3.13. The highest BCUT2D eigenvalue weighted by atomic mass is 19.1. The van der Waals surface area contributed by atoms with Crippen LogP contribution in [0.1, 0.15) is 81.1 Å². The van der Waals surface area contributed by atoms with Gasteiger partial charge in [0.15, 0.2) is 0 Å². The largest absolute Gasteiger partial charge is 0.390 e. The Morgan fingerprint density at radius 2 is 1.71 bits per heavy atom. The Balaban J connectivity index is 5.71. The van der Waals surface area contributed by atoms with Crippen molar-refractivity contribution in [1.29, 1.82) is 0 Å². The van der Waals surface area contributed by atoms with Crippen LogP contribution in [0, 0.1) is 11.3 Å². The van der Waals surface area contributed by atoms with Gasteiger partial charge in [0, 0.05) is 0 Å². The molecule has 1 nitrogen and oxygen atoms in total. The Labute approximate surface area is 131 Å². The predicted molar refractivity (Wildman–Crippen MR) is 90.9 cm³/mol. The van der Waals surface area contributed by atoms with Crippen molar-refractivity contribution in [3.8, 4) is 0 Å². The molecule has 0 rings (SSSR count). The van der Waals surface area contributed by atoms with Crippen LogP contribution in [-0.2, 0) is 0 Å². The maximum atomic E-state index is 13.6. The summed E-state index contributed by atoms with van der Waals surface area (Å²) in [6.07, 6.45) is 5.22. The number of aliphatic hydroxyl groups is 1. The monoisotopic (exact) mass is 298 g/mol. The van der Waals surface area contributed by atoms with Crippen LogP contribution in [0.3, 0.4) is 0 Å². The van der Waals surface area contributed by atoms with Crippen LogP contribution in [0.2, 0.25) is 0 Å². The van der Waals surface area contributed by atoms with Crippen LogP contribution >= 0.6 is 0 Å². The Kier molecular flexibility index (Phi) is 7.88. The summed E-state index contributed by atoms with van der Waals surface area (Å²) >= 11 is 0. The van der Waals surface area contributed by atoms with E-state index in [-0.39, 0.29) is 11.2 Å². The highest BCUT2D eigenvalue weighted by Crippen LogP contribution is 2.41. The zero-order valence-electron chi connectivity index (χ0n) is 15.3. The van der Waals surface area contributed by atoms with Crippen molar-refractivity contribution in [1.82, 2.24) is 0 Å². The lowest BCUT2D eigenvalue weighted by Gasteiger charge is -2.36. The average Bonchev–Trinajstić information content (AvgIpc) is 2.33. The second-order valence-electron chi connectivity index (χ2n) is 7.43. The van der Waals surface area contributed by atoms with Crippen LogP contribution in [0.5, 0.6) is 0 Å². The highest BCUT2D eigenvalue weighted by molar-refractivity contribution is 5.33. The van der Waals surface area contributed by atoms with Crippen molar-refractivity contribution in [2.75, 3.05) is 0 Å². The van der Waals surface area contributed by atoms with E-state index in [0.29, 0.717) is 18.8 Å². The molecule has 0 aromatic rings. The van der Waals surface area contributed by atoms with E-state index >= 15 is 0 Å². The zero-order valence-corrected chi connectivity index (χ0v) is 15.3. The van der Waals surface area contributed by atoms with Gasteiger partial charge < -0.3 is 5.11 Å². The number of halogens is 1. The third kappa shape index (κ3) is 6.78. The fourth-order valence-corrected chi connectivity index (χ4v) is 3.13. The molecule has 0 bridgehead atoms. The zero-order chi connectivity index (χ0) is 16.8. The molecular weight excluding hydrogens is 263 g/mol. The summed E-state index contributed by atoms with van der Waals surface area (Å²) in [5.74, 6) is 0.267. The van der Waals surface area contributed by atoms with E-state index in [2.05, 4.69) is 34.6 Å². The van der Waals surface area contributed by atoms with Crippen LogP contribution in [0.15, 0.2) is 23.0 Å². The van der Waals surface area contributed by atoms with E-state index in [0.717, 1.165) is 18.4 Å². The van der Waals surface area contributed by atoms with E-state index in [1.54, 1.807) is 6.08 Å². The first-order valence-electron chi connectivity index (χ1n) is 8.24. The van der Waals surface area contributed by atoms with Crippen LogP contribution in [0.4, 0.5) is 4.39 Å². The van der Waals surface area contributed by atoms with Gasteiger partial charge in [0.2, 0.25) is 0 Å². The van der Waals surface area contributed by atoms with E-state index in [1.165, 1.54) is 12.5 Å². The smallest absolute Gasteiger partial charge is 0.0971 e. The van der Waals surface area contributed by atoms with Crippen molar-refractivity contribution in [3.05, 3.63) is 23.0 Å². The molecule has 2 unspecified atom stereocenters. The summed E-state index contributed by atoms with van der Waals surface area (Å²) in [7, 11) is 0. The normalized spacial score (nSPS) is 19.0. The summed E-state index contributed by atoms with van der Waals surface area (Å²) < 4.78 is 13.6. The molecule has 0 aliphatic carbocycles. The SMILES string of the molecule is CCCC(C)/C(C)=C(\C=C(/C)F)C(C)(C)CC(C)(O)CC. The van der Waals surface area contributed by atoms with Gasteiger partial charge in [-0.05, 0) is 63.0 Å². The first-order valence-corrected chi connectivity index (χ1v) is 8.24. The molecule has 0 aromatic carbocycles. The fraction of sp³-hybridized carbons (Fsp3) is 0.789. The number of hydrogen-bond donors (Lipinski definition) is 1.